The molecule has 18 heavy (non-hydrogen) atoms. The highest BCUT2D eigenvalue weighted by molar-refractivity contribution is 5.79. The van der Waals surface area contributed by atoms with Gasteiger partial charge in [-0.25, -0.2) is 0 Å². The van der Waals surface area contributed by atoms with Crippen molar-refractivity contribution in [3.8, 4) is 0 Å². The minimum absolute atomic E-state index is 0.229. The number of hydrogen-bond acceptors (Lipinski definition) is 2. The Bertz CT molecular complexity index is 430. The van der Waals surface area contributed by atoms with Crippen LogP contribution in [0.4, 0.5) is 0 Å². The van der Waals surface area contributed by atoms with Crippen molar-refractivity contribution in [2.75, 3.05) is 6.54 Å². The van der Waals surface area contributed by atoms with Crippen molar-refractivity contribution in [3.05, 3.63) is 35.4 Å². The summed E-state index contributed by atoms with van der Waals surface area (Å²) >= 11 is 0. The zero-order chi connectivity index (χ0) is 13.1. The third-order valence-corrected chi connectivity index (χ3v) is 3.78. The largest absolute Gasteiger partial charge is 0.339 e. The third kappa shape index (κ3) is 2.72. The van der Waals surface area contributed by atoms with Gasteiger partial charge < -0.3 is 10.6 Å². The average molecular weight is 246 g/mol. The molecular weight excluding hydrogens is 224 g/mol. The fraction of sp³-hybridized carbons (Fsp3) is 0.533. The second-order valence-electron chi connectivity index (χ2n) is 5.39. The molecule has 3 nitrogen and oxygen atoms in total. The second-order valence-corrected chi connectivity index (χ2v) is 5.39. The van der Waals surface area contributed by atoms with Gasteiger partial charge in [0.25, 0.3) is 0 Å². The molecule has 1 amide bonds. The molecule has 2 unspecified atom stereocenters. The Kier molecular flexibility index (Phi) is 4.02. The van der Waals surface area contributed by atoms with Gasteiger partial charge in [-0.2, -0.15) is 0 Å². The molecule has 2 atom stereocenters. The highest BCUT2D eigenvalue weighted by Gasteiger charge is 2.29. The molecule has 2 N–H and O–H groups in total. The average Bonchev–Trinajstić information content (AvgIpc) is 2.69. The predicted octanol–water partition coefficient (Wildman–Crippen LogP) is 1.94. The van der Waals surface area contributed by atoms with Crippen LogP contribution in [0.5, 0.6) is 0 Å². The summed E-state index contributed by atoms with van der Waals surface area (Å²) in [5.74, 6) is 0.849. The predicted molar refractivity (Wildman–Crippen MR) is 73.0 cm³/mol. The first-order chi connectivity index (χ1) is 8.61. The first kappa shape index (κ1) is 13.1. The molecule has 1 heterocycles. The topological polar surface area (TPSA) is 46.3 Å². The molecule has 0 saturated carbocycles. The highest BCUT2D eigenvalue weighted by Crippen LogP contribution is 2.23. The van der Waals surface area contributed by atoms with Crippen LogP contribution in [0, 0.1) is 5.92 Å². The molecule has 3 heteroatoms. The Labute approximate surface area is 109 Å². The van der Waals surface area contributed by atoms with Crippen LogP contribution >= 0.6 is 0 Å². The standard InChI is InChI=1S/C15H22N2O/c1-11-7-12(2)17(10-11)15(18)8-13-5-3-4-6-14(13)9-16/h3-6,11-12H,7-10,16H2,1-2H3. The molecule has 1 aliphatic rings. The summed E-state index contributed by atoms with van der Waals surface area (Å²) in [4.78, 5) is 14.3. The SMILES string of the molecule is CC1CC(C)N(C(=O)Cc2ccccc2CN)C1. The number of carbonyl (C=O) groups excluding carboxylic acids is 1. The summed E-state index contributed by atoms with van der Waals surface area (Å²) in [6, 6.07) is 8.31. The van der Waals surface area contributed by atoms with E-state index in [0.29, 0.717) is 24.9 Å². The number of benzene rings is 1. The molecule has 98 valence electrons. The first-order valence-electron chi connectivity index (χ1n) is 6.68. The van der Waals surface area contributed by atoms with E-state index in [-0.39, 0.29) is 5.91 Å². The summed E-state index contributed by atoms with van der Waals surface area (Å²) in [6.07, 6.45) is 1.59. The van der Waals surface area contributed by atoms with Crippen molar-refractivity contribution < 1.29 is 4.79 Å². The Balaban J connectivity index is 2.07. The second kappa shape index (κ2) is 5.53. The Morgan fingerprint density at radius 1 is 1.33 bits per heavy atom. The van der Waals surface area contributed by atoms with E-state index < -0.39 is 0 Å². The lowest BCUT2D eigenvalue weighted by Crippen LogP contribution is -2.35. The lowest BCUT2D eigenvalue weighted by atomic mass is 10.0. The molecule has 0 aromatic heterocycles. The van der Waals surface area contributed by atoms with Crippen LogP contribution in [0.1, 0.15) is 31.4 Å². The van der Waals surface area contributed by atoms with Gasteiger partial charge >= 0.3 is 0 Å². The van der Waals surface area contributed by atoms with Crippen LogP contribution in [0.2, 0.25) is 0 Å². The van der Waals surface area contributed by atoms with Crippen molar-refractivity contribution >= 4 is 5.91 Å². The van der Waals surface area contributed by atoms with Gasteiger partial charge in [0.2, 0.25) is 5.91 Å². The molecule has 1 aromatic rings. The van der Waals surface area contributed by atoms with Crippen LogP contribution in [0.15, 0.2) is 24.3 Å². The quantitative estimate of drug-likeness (QED) is 0.886. The Morgan fingerprint density at radius 2 is 2.00 bits per heavy atom. The molecule has 0 radical (unpaired) electrons. The number of rotatable bonds is 3. The van der Waals surface area contributed by atoms with E-state index in [2.05, 4.69) is 13.8 Å². The number of nitrogens with two attached hydrogens (primary N) is 1. The summed E-state index contributed by atoms with van der Waals surface area (Å²) in [7, 11) is 0. The molecular formula is C15H22N2O. The lowest BCUT2D eigenvalue weighted by Gasteiger charge is -2.22. The zero-order valence-corrected chi connectivity index (χ0v) is 11.2. The summed E-state index contributed by atoms with van der Waals surface area (Å²) in [6.45, 7) is 5.73. The van der Waals surface area contributed by atoms with Crippen LogP contribution in [0.3, 0.4) is 0 Å². The monoisotopic (exact) mass is 246 g/mol. The van der Waals surface area contributed by atoms with Gasteiger partial charge in [-0.3, -0.25) is 4.79 Å². The first-order valence-corrected chi connectivity index (χ1v) is 6.68. The van der Waals surface area contributed by atoms with E-state index >= 15 is 0 Å². The molecule has 1 aromatic carbocycles. The van der Waals surface area contributed by atoms with Crippen molar-refractivity contribution in [1.82, 2.24) is 4.90 Å². The molecule has 1 saturated heterocycles. The number of carbonyl (C=O) groups is 1. The van der Waals surface area contributed by atoms with E-state index in [4.69, 9.17) is 5.73 Å². The van der Waals surface area contributed by atoms with E-state index in [0.717, 1.165) is 24.1 Å². The van der Waals surface area contributed by atoms with Crippen molar-refractivity contribution in [2.24, 2.45) is 11.7 Å². The lowest BCUT2D eigenvalue weighted by molar-refractivity contribution is -0.131. The van der Waals surface area contributed by atoms with Crippen molar-refractivity contribution in [3.63, 3.8) is 0 Å². The maximum atomic E-state index is 12.3. The Hall–Kier alpha value is -1.35. The molecule has 0 bridgehead atoms. The molecule has 1 fully saturated rings. The number of nitrogens with zero attached hydrogens (tertiary/aromatic N) is 1. The highest BCUT2D eigenvalue weighted by atomic mass is 16.2. The number of hydrogen-bond donors (Lipinski definition) is 1. The summed E-state index contributed by atoms with van der Waals surface area (Å²) < 4.78 is 0. The van der Waals surface area contributed by atoms with Crippen LogP contribution in [-0.4, -0.2) is 23.4 Å². The van der Waals surface area contributed by atoms with Gasteiger partial charge in [-0.1, -0.05) is 31.2 Å². The van der Waals surface area contributed by atoms with Crippen LogP contribution < -0.4 is 5.73 Å². The van der Waals surface area contributed by atoms with Crippen LogP contribution in [-0.2, 0) is 17.8 Å². The number of likely N-dealkylation sites (tertiary alicyclic amines) is 1. The normalized spacial score (nSPS) is 23.4. The van der Waals surface area contributed by atoms with E-state index in [1.54, 1.807) is 0 Å². The van der Waals surface area contributed by atoms with E-state index in [9.17, 15) is 4.79 Å². The van der Waals surface area contributed by atoms with Gasteiger partial charge in [0.1, 0.15) is 0 Å². The van der Waals surface area contributed by atoms with E-state index in [1.807, 2.05) is 29.2 Å². The molecule has 0 aliphatic carbocycles. The van der Waals surface area contributed by atoms with Gasteiger partial charge in [0.05, 0.1) is 6.42 Å². The zero-order valence-electron chi connectivity index (χ0n) is 11.2. The maximum Gasteiger partial charge on any atom is 0.227 e. The fourth-order valence-electron chi connectivity index (χ4n) is 2.84. The molecule has 0 spiro atoms. The summed E-state index contributed by atoms with van der Waals surface area (Å²) in [5.41, 5.74) is 7.85. The van der Waals surface area contributed by atoms with Gasteiger partial charge in [-0.15, -0.1) is 0 Å². The van der Waals surface area contributed by atoms with E-state index in [1.165, 1.54) is 0 Å². The molecule has 1 aliphatic heterocycles. The third-order valence-electron chi connectivity index (χ3n) is 3.78. The van der Waals surface area contributed by atoms with Crippen molar-refractivity contribution in [1.29, 1.82) is 0 Å². The van der Waals surface area contributed by atoms with Gasteiger partial charge in [0.15, 0.2) is 0 Å². The van der Waals surface area contributed by atoms with Gasteiger partial charge in [0, 0.05) is 19.1 Å². The maximum absolute atomic E-state index is 12.3. The fourth-order valence-corrected chi connectivity index (χ4v) is 2.84. The minimum Gasteiger partial charge on any atom is -0.339 e. The Morgan fingerprint density at radius 3 is 2.56 bits per heavy atom. The minimum atomic E-state index is 0.229. The molecule has 2 rings (SSSR count). The number of amides is 1. The summed E-state index contributed by atoms with van der Waals surface area (Å²) in [5, 5.41) is 0. The van der Waals surface area contributed by atoms with Crippen molar-refractivity contribution in [2.45, 2.75) is 39.3 Å². The van der Waals surface area contributed by atoms with Gasteiger partial charge in [-0.05, 0) is 30.4 Å². The smallest absolute Gasteiger partial charge is 0.227 e. The van der Waals surface area contributed by atoms with Crippen LogP contribution in [0.25, 0.3) is 0 Å².